The van der Waals surface area contributed by atoms with E-state index in [1.54, 1.807) is 12.3 Å². The first kappa shape index (κ1) is 44.2. The lowest BCUT2D eigenvalue weighted by molar-refractivity contribution is -0.384. The summed E-state index contributed by atoms with van der Waals surface area (Å²) in [5.41, 5.74) is 7.38. The molecule has 1 amide bonds. The number of carbonyl (C=O) groups is 1. The van der Waals surface area contributed by atoms with E-state index in [1.807, 2.05) is 41.3 Å². The number of piperazine rings is 1. The minimum absolute atomic E-state index is 0.121. The average Bonchev–Trinajstić information content (AvgIpc) is 3.68. The van der Waals surface area contributed by atoms with Crippen molar-refractivity contribution in [2.24, 2.45) is 11.3 Å². The molecule has 66 heavy (non-hydrogen) atoms. The number of nitrogens with zero attached hydrogens (tertiary/aromatic N) is 5. The van der Waals surface area contributed by atoms with E-state index in [9.17, 15) is 23.3 Å². The molecule has 0 unspecified atom stereocenters. The Bertz CT molecular complexity index is 2780. The zero-order chi connectivity index (χ0) is 45.4. The first-order valence-corrected chi connectivity index (χ1v) is 25.0. The van der Waals surface area contributed by atoms with Gasteiger partial charge in [-0.1, -0.05) is 35.7 Å². The predicted molar refractivity (Wildman–Crippen MR) is 257 cm³/mol. The van der Waals surface area contributed by atoms with Crippen molar-refractivity contribution in [3.05, 3.63) is 111 Å². The Hall–Kier alpha value is -5.68. The van der Waals surface area contributed by atoms with Crippen molar-refractivity contribution in [2.45, 2.75) is 62.7 Å². The van der Waals surface area contributed by atoms with E-state index in [-0.39, 0.29) is 17.2 Å². The van der Waals surface area contributed by atoms with Crippen LogP contribution in [0.15, 0.2) is 89.5 Å². The number of aromatic nitrogens is 2. The number of sulfonamides is 1. The number of H-pyrrole nitrogens is 1. The first-order chi connectivity index (χ1) is 32.0. The third-order valence-corrected chi connectivity index (χ3v) is 16.0. The van der Waals surface area contributed by atoms with Crippen LogP contribution in [0, 0.1) is 21.4 Å². The molecule has 3 aliphatic heterocycles. The van der Waals surface area contributed by atoms with Crippen LogP contribution in [0.5, 0.6) is 5.88 Å². The van der Waals surface area contributed by atoms with Gasteiger partial charge in [0.1, 0.15) is 17.0 Å². The smallest absolute Gasteiger partial charge is 0.293 e. The van der Waals surface area contributed by atoms with E-state index >= 15 is 0 Å². The van der Waals surface area contributed by atoms with E-state index in [4.69, 9.17) is 26.1 Å². The number of allylic oxidation sites excluding steroid dienone is 1. The SMILES string of the molecule is O=C(NS(=O)(=O)c1ccc(NCC2CCOCC2)c([N+](=O)[O-])c1)c1ccc(N2CCN(CC3=C(c4ccc(Cl)cc4)CC4(CCC4)CC3)CC2)cc1N1CCCOc2nc3[nH]ccc3cc21. The van der Waals surface area contributed by atoms with Crippen LogP contribution in [0.4, 0.5) is 28.4 Å². The van der Waals surface area contributed by atoms with Crippen LogP contribution < -0.4 is 24.6 Å². The third kappa shape index (κ3) is 9.20. The number of nitrogens with one attached hydrogen (secondary N) is 3. The number of rotatable bonds is 12. The molecule has 1 spiro atoms. The molecule has 5 aliphatic rings. The second-order valence-electron chi connectivity index (χ2n) is 18.5. The zero-order valence-corrected chi connectivity index (χ0v) is 38.5. The van der Waals surface area contributed by atoms with E-state index in [0.29, 0.717) is 67.6 Å². The minimum Gasteiger partial charge on any atom is -0.476 e. The summed E-state index contributed by atoms with van der Waals surface area (Å²) in [4.78, 5) is 40.4. The lowest BCUT2D eigenvalue weighted by Crippen LogP contribution is -2.47. The van der Waals surface area contributed by atoms with Crippen LogP contribution in [0.3, 0.4) is 0 Å². The molecule has 5 aromatic rings. The number of carbonyl (C=O) groups excluding carboxylic acids is 1. The Morgan fingerprint density at radius 2 is 1.73 bits per heavy atom. The number of hydrogen-bond acceptors (Lipinski definition) is 12. The highest BCUT2D eigenvalue weighted by molar-refractivity contribution is 7.90. The summed E-state index contributed by atoms with van der Waals surface area (Å²) >= 11 is 6.31. The fourth-order valence-electron chi connectivity index (χ4n) is 10.4. The molecule has 346 valence electrons. The number of nitro groups is 1. The molecular formula is C49H55ClN8O7S. The van der Waals surface area contributed by atoms with Crippen LogP contribution in [-0.2, 0) is 14.8 Å². The molecule has 2 aromatic heterocycles. The molecule has 0 bridgehead atoms. The molecule has 2 saturated heterocycles. The summed E-state index contributed by atoms with van der Waals surface area (Å²) in [6.45, 7) is 6.76. The molecule has 0 atom stereocenters. The van der Waals surface area contributed by atoms with Crippen molar-refractivity contribution in [1.29, 1.82) is 0 Å². The van der Waals surface area contributed by atoms with Gasteiger partial charge in [-0.25, -0.2) is 13.1 Å². The van der Waals surface area contributed by atoms with Crippen molar-refractivity contribution >= 4 is 72.6 Å². The molecule has 3 N–H and O–H groups in total. The molecule has 3 fully saturated rings. The van der Waals surface area contributed by atoms with Crippen molar-refractivity contribution in [1.82, 2.24) is 19.6 Å². The second-order valence-corrected chi connectivity index (χ2v) is 20.6. The number of pyridine rings is 1. The van der Waals surface area contributed by atoms with Crippen LogP contribution in [0.25, 0.3) is 16.6 Å². The molecule has 17 heteroatoms. The lowest BCUT2D eigenvalue weighted by Gasteiger charge is -2.47. The first-order valence-electron chi connectivity index (χ1n) is 23.1. The van der Waals surface area contributed by atoms with Gasteiger partial charge in [0.05, 0.1) is 27.7 Å². The number of anilines is 4. The number of nitro benzene ring substituents is 1. The van der Waals surface area contributed by atoms with E-state index in [1.165, 1.54) is 54.5 Å². The lowest BCUT2D eigenvalue weighted by atomic mass is 9.59. The summed E-state index contributed by atoms with van der Waals surface area (Å²) in [5, 5.41) is 17.0. The number of benzene rings is 3. The molecule has 2 aliphatic carbocycles. The normalized spacial score (nSPS) is 19.2. The van der Waals surface area contributed by atoms with Gasteiger partial charge in [-0.15, -0.1) is 0 Å². The van der Waals surface area contributed by atoms with Crippen molar-refractivity contribution < 1.29 is 27.6 Å². The van der Waals surface area contributed by atoms with Crippen molar-refractivity contribution in [3.8, 4) is 5.88 Å². The molecule has 0 radical (unpaired) electrons. The van der Waals surface area contributed by atoms with Gasteiger partial charge >= 0.3 is 0 Å². The number of fused-ring (bicyclic) bond motifs is 2. The molecule has 5 heterocycles. The Labute approximate surface area is 389 Å². The van der Waals surface area contributed by atoms with Crippen LogP contribution in [0.1, 0.15) is 73.7 Å². The largest absolute Gasteiger partial charge is 0.476 e. The van der Waals surface area contributed by atoms with Gasteiger partial charge in [0.15, 0.2) is 0 Å². The summed E-state index contributed by atoms with van der Waals surface area (Å²) in [5.74, 6) is -0.192. The van der Waals surface area contributed by atoms with Gasteiger partial charge in [-0.05, 0) is 128 Å². The Balaban J connectivity index is 0.916. The fraction of sp³-hybridized carbons (Fsp3) is 0.429. The second kappa shape index (κ2) is 18.5. The summed E-state index contributed by atoms with van der Waals surface area (Å²) in [6, 6.07) is 21.4. The predicted octanol–water partition coefficient (Wildman–Crippen LogP) is 8.93. The number of ether oxygens (including phenoxy) is 2. The monoisotopic (exact) mass is 934 g/mol. The Morgan fingerprint density at radius 3 is 2.48 bits per heavy atom. The summed E-state index contributed by atoms with van der Waals surface area (Å²) in [6.07, 6.45) is 11.5. The van der Waals surface area contributed by atoms with Crippen LogP contribution in [-0.4, -0.2) is 99.8 Å². The van der Waals surface area contributed by atoms with Crippen molar-refractivity contribution in [2.75, 3.05) is 80.8 Å². The highest BCUT2D eigenvalue weighted by Gasteiger charge is 2.41. The summed E-state index contributed by atoms with van der Waals surface area (Å²) < 4.78 is 41.7. The highest BCUT2D eigenvalue weighted by Crippen LogP contribution is 2.55. The highest BCUT2D eigenvalue weighted by atomic mass is 35.5. The molecule has 1 saturated carbocycles. The number of halogens is 1. The average molecular weight is 936 g/mol. The number of aromatic amines is 1. The maximum absolute atomic E-state index is 14.4. The van der Waals surface area contributed by atoms with Crippen molar-refractivity contribution in [3.63, 3.8) is 0 Å². The van der Waals surface area contributed by atoms with Gasteiger partial charge in [0.2, 0.25) is 5.88 Å². The van der Waals surface area contributed by atoms with Gasteiger partial charge in [-0.3, -0.25) is 19.8 Å². The maximum atomic E-state index is 14.4. The van der Waals surface area contributed by atoms with E-state index < -0.39 is 31.4 Å². The number of hydrogen-bond donors (Lipinski definition) is 3. The minimum atomic E-state index is -4.56. The van der Waals surface area contributed by atoms with E-state index in [0.717, 1.165) is 80.6 Å². The topological polar surface area (TPSA) is 175 Å². The standard InChI is InChI=1S/C49H55ClN8O7S/c50-37-5-3-34(4-6-37)41-30-49(15-1-16-49)17-11-36(41)32-55-20-22-56(23-21-55)38-7-9-40(43(28-38)57-19-2-24-65-48-45(57)27-35-12-18-51-46(35)53-48)47(59)54-66(62,63)39-8-10-42(44(29-39)58(60)61)52-31-33-13-25-64-26-14-33/h3-10,12,18,27-29,33,52H,1-2,11,13-17,19-26,30-32H2,(H,51,53)(H,54,59). The summed E-state index contributed by atoms with van der Waals surface area (Å²) in [7, 11) is -4.56. The maximum Gasteiger partial charge on any atom is 0.293 e. The van der Waals surface area contributed by atoms with E-state index in [2.05, 4.69) is 37.0 Å². The van der Waals surface area contributed by atoms with Gasteiger partial charge < -0.3 is 29.6 Å². The zero-order valence-electron chi connectivity index (χ0n) is 36.9. The Morgan fingerprint density at radius 1 is 0.924 bits per heavy atom. The van der Waals surface area contributed by atoms with Crippen LogP contribution in [0.2, 0.25) is 5.02 Å². The molecule has 10 rings (SSSR count). The van der Waals surface area contributed by atoms with Gasteiger partial charge in [-0.2, -0.15) is 4.98 Å². The van der Waals surface area contributed by atoms with Gasteiger partial charge in [0, 0.05) is 87.4 Å². The molecule has 15 nitrogen and oxygen atoms in total. The van der Waals surface area contributed by atoms with Crippen LogP contribution >= 0.6 is 11.6 Å². The Kier molecular flexibility index (Phi) is 12.4. The fourth-order valence-corrected chi connectivity index (χ4v) is 11.5. The molecular weight excluding hydrogens is 880 g/mol. The quantitative estimate of drug-likeness (QED) is 0.0802. The third-order valence-electron chi connectivity index (χ3n) is 14.4. The molecule has 3 aromatic carbocycles. The number of amides is 1. The van der Waals surface area contributed by atoms with Gasteiger partial charge in [0.25, 0.3) is 21.6 Å².